The van der Waals surface area contributed by atoms with Crippen molar-refractivity contribution in [2.45, 2.75) is 19.4 Å². The number of alkyl halides is 2. The number of nitrogens with one attached hydrogen (secondary N) is 1. The number of anilines is 2. The van der Waals surface area contributed by atoms with E-state index in [2.05, 4.69) is 20.3 Å². The van der Waals surface area contributed by atoms with Crippen molar-refractivity contribution in [2.75, 3.05) is 37.0 Å². The summed E-state index contributed by atoms with van der Waals surface area (Å²) in [6.07, 6.45) is -2.73. The number of hydrogen-bond donors (Lipinski definition) is 1. The smallest absolute Gasteiger partial charge is 0.296 e. The first-order valence-electron chi connectivity index (χ1n) is 8.75. The van der Waals surface area contributed by atoms with E-state index in [1.165, 1.54) is 4.57 Å². The Morgan fingerprint density at radius 1 is 1.22 bits per heavy atom. The molecule has 1 unspecified atom stereocenters. The molecule has 142 valence electrons. The molecule has 0 amide bonds. The molecule has 0 saturated carbocycles. The Labute approximate surface area is 155 Å². The predicted octanol–water partition coefficient (Wildman–Crippen LogP) is 3.02. The van der Waals surface area contributed by atoms with Crippen LogP contribution in [0.15, 0.2) is 30.3 Å². The van der Waals surface area contributed by atoms with Gasteiger partial charge in [0.05, 0.1) is 30.3 Å². The summed E-state index contributed by atoms with van der Waals surface area (Å²) in [4.78, 5) is 15.2. The Kier molecular flexibility index (Phi) is 4.61. The minimum Gasteiger partial charge on any atom is -0.377 e. The molecule has 7 nitrogen and oxygen atoms in total. The molecule has 3 aromatic rings. The molecule has 0 bridgehead atoms. The normalized spacial score (nSPS) is 17.7. The van der Waals surface area contributed by atoms with Gasteiger partial charge in [0.1, 0.15) is 11.6 Å². The first-order valence-corrected chi connectivity index (χ1v) is 8.75. The summed E-state index contributed by atoms with van der Waals surface area (Å²) in [7, 11) is 1.73. The number of ether oxygens (including phenoxy) is 1. The number of para-hydroxylation sites is 2. The van der Waals surface area contributed by atoms with E-state index >= 15 is 0 Å². The lowest BCUT2D eigenvalue weighted by Crippen LogP contribution is -2.44. The van der Waals surface area contributed by atoms with E-state index < -0.39 is 6.43 Å². The summed E-state index contributed by atoms with van der Waals surface area (Å²) in [6.45, 7) is 3.80. The summed E-state index contributed by atoms with van der Waals surface area (Å²) in [5, 5.41) is 2.99. The summed E-state index contributed by atoms with van der Waals surface area (Å²) < 4.78 is 34.2. The second-order valence-corrected chi connectivity index (χ2v) is 6.37. The minimum atomic E-state index is -2.73. The Bertz CT molecular complexity index is 960. The fourth-order valence-electron chi connectivity index (χ4n) is 3.25. The van der Waals surface area contributed by atoms with E-state index in [0.29, 0.717) is 48.4 Å². The van der Waals surface area contributed by atoms with Gasteiger partial charge in [0.25, 0.3) is 6.43 Å². The highest BCUT2D eigenvalue weighted by molar-refractivity contribution is 5.78. The lowest BCUT2D eigenvalue weighted by Gasteiger charge is -2.33. The summed E-state index contributed by atoms with van der Waals surface area (Å²) >= 11 is 0. The van der Waals surface area contributed by atoms with Crippen molar-refractivity contribution in [2.24, 2.45) is 0 Å². The zero-order valence-corrected chi connectivity index (χ0v) is 15.1. The van der Waals surface area contributed by atoms with Crippen molar-refractivity contribution in [3.05, 3.63) is 36.2 Å². The van der Waals surface area contributed by atoms with Crippen LogP contribution in [0, 0.1) is 0 Å². The van der Waals surface area contributed by atoms with Crippen LogP contribution >= 0.6 is 0 Å². The number of imidazole rings is 1. The minimum absolute atomic E-state index is 0.0906. The topological polar surface area (TPSA) is 68.1 Å². The van der Waals surface area contributed by atoms with Crippen molar-refractivity contribution in [1.82, 2.24) is 19.5 Å². The SMILES string of the molecule is CNc1cc(-n2c(C(F)F)nc3ccccc32)nc(N2CCOCC2C)n1. The highest BCUT2D eigenvalue weighted by Gasteiger charge is 2.25. The van der Waals surface area contributed by atoms with Crippen LogP contribution in [0.5, 0.6) is 0 Å². The third-order valence-corrected chi connectivity index (χ3v) is 4.59. The molecule has 1 N–H and O–H groups in total. The number of morpholine rings is 1. The molecule has 0 spiro atoms. The average molecular weight is 374 g/mol. The van der Waals surface area contributed by atoms with Gasteiger partial charge in [0.15, 0.2) is 5.82 Å². The maximum Gasteiger partial charge on any atom is 0.296 e. The van der Waals surface area contributed by atoms with E-state index in [9.17, 15) is 8.78 Å². The quantitative estimate of drug-likeness (QED) is 0.757. The van der Waals surface area contributed by atoms with Gasteiger partial charge in [-0.25, -0.2) is 13.8 Å². The summed E-state index contributed by atoms with van der Waals surface area (Å²) in [6, 6.07) is 8.77. The molecule has 1 aliphatic rings. The zero-order chi connectivity index (χ0) is 19.0. The fourth-order valence-corrected chi connectivity index (χ4v) is 3.25. The molecule has 4 rings (SSSR count). The monoisotopic (exact) mass is 374 g/mol. The second-order valence-electron chi connectivity index (χ2n) is 6.37. The van der Waals surface area contributed by atoms with Gasteiger partial charge in [0, 0.05) is 19.7 Å². The molecule has 2 aromatic heterocycles. The van der Waals surface area contributed by atoms with Gasteiger partial charge in [0.2, 0.25) is 5.95 Å². The van der Waals surface area contributed by atoms with Gasteiger partial charge in [-0.2, -0.15) is 9.97 Å². The van der Waals surface area contributed by atoms with Gasteiger partial charge in [-0.1, -0.05) is 12.1 Å². The average Bonchev–Trinajstić information content (AvgIpc) is 3.08. The van der Waals surface area contributed by atoms with Gasteiger partial charge in [-0.3, -0.25) is 4.57 Å². The van der Waals surface area contributed by atoms with Crippen LogP contribution in [0.2, 0.25) is 0 Å². The standard InChI is InChI=1S/C18H20F2N6O/c1-11-10-27-8-7-25(11)18-23-14(21-2)9-15(24-18)26-13-6-4-3-5-12(13)22-17(26)16(19)20/h3-6,9,11,16H,7-8,10H2,1-2H3,(H,21,23,24). The van der Waals surface area contributed by atoms with Gasteiger partial charge in [-0.15, -0.1) is 0 Å². The summed E-state index contributed by atoms with van der Waals surface area (Å²) in [5.74, 6) is 1.04. The predicted molar refractivity (Wildman–Crippen MR) is 98.8 cm³/mol. The van der Waals surface area contributed by atoms with E-state index in [1.807, 2.05) is 11.8 Å². The van der Waals surface area contributed by atoms with Crippen LogP contribution in [0.4, 0.5) is 20.5 Å². The number of benzene rings is 1. The highest BCUT2D eigenvalue weighted by Crippen LogP contribution is 2.29. The third kappa shape index (κ3) is 3.18. The van der Waals surface area contributed by atoms with Gasteiger partial charge >= 0.3 is 0 Å². The molecular formula is C18H20F2N6O. The van der Waals surface area contributed by atoms with Crippen LogP contribution in [0.3, 0.4) is 0 Å². The third-order valence-electron chi connectivity index (χ3n) is 4.59. The highest BCUT2D eigenvalue weighted by atomic mass is 19.3. The zero-order valence-electron chi connectivity index (χ0n) is 15.1. The first-order chi connectivity index (χ1) is 13.1. The van der Waals surface area contributed by atoms with Crippen molar-refractivity contribution >= 4 is 22.8 Å². The Hall–Kier alpha value is -2.81. The molecule has 1 aliphatic heterocycles. The number of hydrogen-bond acceptors (Lipinski definition) is 6. The molecule has 1 saturated heterocycles. The first kappa shape index (κ1) is 17.6. The van der Waals surface area contributed by atoms with Crippen molar-refractivity contribution < 1.29 is 13.5 Å². The van der Waals surface area contributed by atoms with Crippen LogP contribution in [0.1, 0.15) is 19.2 Å². The molecule has 1 aromatic carbocycles. The van der Waals surface area contributed by atoms with Gasteiger partial charge < -0.3 is 15.0 Å². The van der Waals surface area contributed by atoms with E-state index in [0.717, 1.165) is 0 Å². The largest absolute Gasteiger partial charge is 0.377 e. The van der Waals surface area contributed by atoms with Crippen molar-refractivity contribution in [3.8, 4) is 5.82 Å². The van der Waals surface area contributed by atoms with Crippen LogP contribution < -0.4 is 10.2 Å². The molecular weight excluding hydrogens is 354 g/mol. The lowest BCUT2D eigenvalue weighted by molar-refractivity contribution is 0.0981. The van der Waals surface area contributed by atoms with Crippen LogP contribution in [0.25, 0.3) is 16.9 Å². The fraction of sp³-hybridized carbons (Fsp3) is 0.389. The Morgan fingerprint density at radius 2 is 2.04 bits per heavy atom. The Morgan fingerprint density at radius 3 is 2.78 bits per heavy atom. The molecule has 27 heavy (non-hydrogen) atoms. The number of halogens is 2. The molecule has 0 aliphatic carbocycles. The molecule has 0 radical (unpaired) electrons. The molecule has 9 heteroatoms. The number of nitrogens with zero attached hydrogens (tertiary/aromatic N) is 5. The molecule has 1 atom stereocenters. The maximum absolute atomic E-state index is 13.7. The van der Waals surface area contributed by atoms with E-state index in [1.54, 1.807) is 37.4 Å². The summed E-state index contributed by atoms with van der Waals surface area (Å²) in [5.41, 5.74) is 1.08. The van der Waals surface area contributed by atoms with Crippen LogP contribution in [-0.4, -0.2) is 52.4 Å². The number of aromatic nitrogens is 4. The van der Waals surface area contributed by atoms with Crippen molar-refractivity contribution in [3.63, 3.8) is 0 Å². The lowest BCUT2D eigenvalue weighted by atomic mass is 10.3. The number of fused-ring (bicyclic) bond motifs is 1. The van der Waals surface area contributed by atoms with Crippen molar-refractivity contribution in [1.29, 1.82) is 0 Å². The molecule has 3 heterocycles. The Balaban J connectivity index is 1.90. The maximum atomic E-state index is 13.7. The molecule has 1 fully saturated rings. The second kappa shape index (κ2) is 7.07. The van der Waals surface area contributed by atoms with Crippen LogP contribution in [-0.2, 0) is 4.74 Å². The van der Waals surface area contributed by atoms with E-state index in [4.69, 9.17) is 4.74 Å². The van der Waals surface area contributed by atoms with Gasteiger partial charge in [-0.05, 0) is 19.1 Å². The number of rotatable bonds is 4. The van der Waals surface area contributed by atoms with E-state index in [-0.39, 0.29) is 11.9 Å².